The average Bonchev–Trinajstić information content (AvgIpc) is 2.45. The van der Waals surface area contributed by atoms with E-state index in [4.69, 9.17) is 11.6 Å². The molecule has 1 heterocycles. The third-order valence-electron chi connectivity index (χ3n) is 3.12. The smallest absolute Gasteiger partial charge is 0.224 e. The van der Waals surface area contributed by atoms with E-state index in [1.165, 1.54) is 0 Å². The molecule has 3 nitrogen and oxygen atoms in total. The number of carbonyl (C=O) groups excluding carboxylic acids is 1. The van der Waals surface area contributed by atoms with Gasteiger partial charge in [0.1, 0.15) is 0 Å². The Morgan fingerprint density at radius 2 is 1.90 bits per heavy atom. The van der Waals surface area contributed by atoms with Crippen LogP contribution in [0.15, 0.2) is 42.7 Å². The number of aryl methyl sites for hydroxylation is 1. The van der Waals surface area contributed by atoms with Crippen LogP contribution in [0.2, 0.25) is 5.02 Å². The van der Waals surface area contributed by atoms with Crippen LogP contribution >= 0.6 is 11.6 Å². The summed E-state index contributed by atoms with van der Waals surface area (Å²) >= 11 is 6.31. The molecule has 5 heteroatoms. The summed E-state index contributed by atoms with van der Waals surface area (Å²) in [6, 6.07) is 9.79. The maximum Gasteiger partial charge on any atom is 0.224 e. The fraction of sp³-hybridized carbons (Fsp3) is 0.250. The van der Waals surface area contributed by atoms with E-state index in [-0.39, 0.29) is 18.3 Å². The zero-order valence-electron chi connectivity index (χ0n) is 12.1. The van der Waals surface area contributed by atoms with Crippen molar-refractivity contribution in [2.75, 3.05) is 5.32 Å². The van der Waals surface area contributed by atoms with Crippen LogP contribution in [0.3, 0.4) is 0 Å². The van der Waals surface area contributed by atoms with Gasteiger partial charge in [0.05, 0.1) is 5.02 Å². The van der Waals surface area contributed by atoms with E-state index in [2.05, 4.69) is 9.88 Å². The Hall–Kier alpha value is -1.58. The summed E-state index contributed by atoms with van der Waals surface area (Å²) in [5, 5.41) is 3.53. The van der Waals surface area contributed by atoms with Crippen LogP contribution in [-0.4, -0.2) is 5.91 Å². The van der Waals surface area contributed by atoms with E-state index in [0.29, 0.717) is 18.0 Å². The first-order valence-electron chi connectivity index (χ1n) is 6.63. The molecule has 2 rings (SSSR count). The summed E-state index contributed by atoms with van der Waals surface area (Å²) in [5.74, 6) is -0.00523. The Balaban J connectivity index is 0.00000220. The Morgan fingerprint density at radius 3 is 2.52 bits per heavy atom. The summed E-state index contributed by atoms with van der Waals surface area (Å²) in [6.07, 6.45) is 4.45. The molecule has 1 aromatic carbocycles. The van der Waals surface area contributed by atoms with Crippen molar-refractivity contribution < 1.29 is 21.8 Å². The third kappa shape index (κ3) is 4.73. The zero-order valence-corrected chi connectivity index (χ0v) is 13.6. The lowest BCUT2D eigenvalue weighted by atomic mass is 10.1. The molecule has 0 bridgehead atoms. The van der Waals surface area contributed by atoms with Gasteiger partial charge in [-0.2, -0.15) is 0 Å². The molecule has 1 aromatic heterocycles. The molecule has 0 atom stereocenters. The van der Waals surface area contributed by atoms with Crippen molar-refractivity contribution in [1.29, 1.82) is 0 Å². The van der Waals surface area contributed by atoms with Gasteiger partial charge in [-0.3, -0.25) is 4.79 Å². The van der Waals surface area contributed by atoms with Gasteiger partial charge in [-0.15, -0.1) is 0 Å². The van der Waals surface area contributed by atoms with Gasteiger partial charge in [0.25, 0.3) is 0 Å². The van der Waals surface area contributed by atoms with Crippen LogP contribution in [0, 0.1) is 6.92 Å². The second-order valence-electron chi connectivity index (χ2n) is 4.71. The molecule has 1 N–H and O–H groups in total. The van der Waals surface area contributed by atoms with E-state index >= 15 is 0 Å². The summed E-state index contributed by atoms with van der Waals surface area (Å²) in [7, 11) is 0. The van der Waals surface area contributed by atoms with Crippen molar-refractivity contribution in [2.45, 2.75) is 26.8 Å². The van der Waals surface area contributed by atoms with Crippen LogP contribution in [0.5, 0.6) is 0 Å². The predicted molar refractivity (Wildman–Crippen MR) is 80.8 cm³/mol. The van der Waals surface area contributed by atoms with Gasteiger partial charge in [0, 0.05) is 29.8 Å². The first kappa shape index (κ1) is 17.5. The zero-order chi connectivity index (χ0) is 14.5. The third-order valence-corrected chi connectivity index (χ3v) is 3.47. The molecule has 0 saturated carbocycles. The van der Waals surface area contributed by atoms with Gasteiger partial charge >= 0.3 is 0 Å². The average molecular weight is 325 g/mol. The number of carbonyl (C=O) groups is 1. The number of nitrogens with one attached hydrogen (secondary N) is 1. The predicted octanol–water partition coefficient (Wildman–Crippen LogP) is 0.337. The minimum absolute atomic E-state index is 0. The lowest BCUT2D eigenvalue weighted by Gasteiger charge is -2.10. The standard InChI is InChI=1S/C16H17ClN2O.ClH/c1-3-16(20)18-15-10-14(17)13(9-12(15)2)11-19-7-5-4-6-8-19;/h4-10H,3,11H2,1-2H3;1H. The molecule has 0 aliphatic heterocycles. The number of hydrogen-bond donors (Lipinski definition) is 1. The molecule has 0 radical (unpaired) electrons. The van der Waals surface area contributed by atoms with Gasteiger partial charge in [-0.1, -0.05) is 24.6 Å². The summed E-state index contributed by atoms with van der Waals surface area (Å²) < 4.78 is 2.06. The fourth-order valence-electron chi connectivity index (χ4n) is 1.97. The minimum Gasteiger partial charge on any atom is -1.00 e. The molecule has 0 unspecified atom stereocenters. The van der Waals surface area contributed by atoms with Crippen LogP contribution in [0.25, 0.3) is 0 Å². The number of anilines is 1. The highest BCUT2D eigenvalue weighted by Crippen LogP contribution is 2.25. The SMILES string of the molecule is CCC(=O)Nc1cc(Cl)c(C[n+]2ccccc2)cc1C.[Cl-]. The van der Waals surface area contributed by atoms with Crippen molar-refractivity contribution in [2.24, 2.45) is 0 Å². The number of pyridine rings is 1. The topological polar surface area (TPSA) is 33.0 Å². The molecular weight excluding hydrogens is 307 g/mol. The molecule has 112 valence electrons. The quantitative estimate of drug-likeness (QED) is 0.808. The maximum atomic E-state index is 11.5. The molecule has 1 amide bonds. The lowest BCUT2D eigenvalue weighted by Crippen LogP contribution is -3.00. The number of amides is 1. The molecule has 0 fully saturated rings. The van der Waals surface area contributed by atoms with E-state index in [0.717, 1.165) is 16.8 Å². The lowest BCUT2D eigenvalue weighted by molar-refractivity contribution is -0.688. The Kier molecular flexibility index (Phi) is 6.66. The van der Waals surface area contributed by atoms with Gasteiger partial charge in [0.15, 0.2) is 18.9 Å². The highest BCUT2D eigenvalue weighted by atomic mass is 35.5. The second-order valence-corrected chi connectivity index (χ2v) is 5.12. The number of halogens is 2. The number of rotatable bonds is 4. The molecule has 0 aliphatic rings. The van der Waals surface area contributed by atoms with Crippen LogP contribution in [-0.2, 0) is 11.3 Å². The van der Waals surface area contributed by atoms with Crippen molar-refractivity contribution in [3.05, 3.63) is 58.9 Å². The molecule has 2 aromatic rings. The molecule has 21 heavy (non-hydrogen) atoms. The van der Waals surface area contributed by atoms with Gasteiger partial charge < -0.3 is 17.7 Å². The molecule has 0 spiro atoms. The second kappa shape index (κ2) is 8.01. The fourth-order valence-corrected chi connectivity index (χ4v) is 2.20. The van der Waals surface area contributed by atoms with Crippen molar-refractivity contribution in [3.63, 3.8) is 0 Å². The summed E-state index contributed by atoms with van der Waals surface area (Å²) in [6.45, 7) is 4.51. The molecule has 0 saturated heterocycles. The highest BCUT2D eigenvalue weighted by Gasteiger charge is 2.11. The Labute approximate surface area is 136 Å². The largest absolute Gasteiger partial charge is 1.00 e. The maximum absolute atomic E-state index is 11.5. The van der Waals surface area contributed by atoms with E-state index < -0.39 is 0 Å². The molecular formula is C16H18Cl2N2O. The van der Waals surface area contributed by atoms with Crippen molar-refractivity contribution in [3.8, 4) is 0 Å². The molecule has 0 aliphatic carbocycles. The van der Waals surface area contributed by atoms with Gasteiger partial charge in [-0.05, 0) is 24.6 Å². The number of hydrogen-bond acceptors (Lipinski definition) is 1. The normalized spacial score (nSPS) is 9.86. The van der Waals surface area contributed by atoms with Crippen LogP contribution in [0.4, 0.5) is 5.69 Å². The minimum atomic E-state index is -0.00523. The van der Waals surface area contributed by atoms with Crippen molar-refractivity contribution >= 4 is 23.2 Å². The van der Waals surface area contributed by atoms with Crippen LogP contribution in [0.1, 0.15) is 24.5 Å². The monoisotopic (exact) mass is 324 g/mol. The Bertz CT molecular complexity index is 615. The number of aromatic nitrogens is 1. The summed E-state index contributed by atoms with van der Waals surface area (Å²) in [5.41, 5.74) is 2.83. The van der Waals surface area contributed by atoms with Gasteiger partial charge in [-0.25, -0.2) is 4.57 Å². The first-order valence-corrected chi connectivity index (χ1v) is 7.01. The van der Waals surface area contributed by atoms with E-state index in [1.807, 2.05) is 56.6 Å². The number of benzene rings is 1. The first-order chi connectivity index (χ1) is 9.60. The summed E-state index contributed by atoms with van der Waals surface area (Å²) in [4.78, 5) is 11.5. The van der Waals surface area contributed by atoms with Gasteiger partial charge in [0.2, 0.25) is 5.91 Å². The van der Waals surface area contributed by atoms with Crippen LogP contribution < -0.4 is 22.3 Å². The highest BCUT2D eigenvalue weighted by molar-refractivity contribution is 6.31. The van der Waals surface area contributed by atoms with E-state index in [9.17, 15) is 4.79 Å². The van der Waals surface area contributed by atoms with E-state index in [1.54, 1.807) is 0 Å². The van der Waals surface area contributed by atoms with Crippen molar-refractivity contribution in [1.82, 2.24) is 0 Å². The Morgan fingerprint density at radius 1 is 1.24 bits per heavy atom. The number of nitrogens with zero attached hydrogens (tertiary/aromatic N) is 1.